The molecule has 156 valence electrons. The van der Waals surface area contributed by atoms with Gasteiger partial charge in [0.1, 0.15) is 17.2 Å². The predicted molar refractivity (Wildman–Crippen MR) is 114 cm³/mol. The average molecular weight is 428 g/mol. The van der Waals surface area contributed by atoms with Gasteiger partial charge in [0.05, 0.1) is 5.69 Å². The summed E-state index contributed by atoms with van der Waals surface area (Å²) >= 11 is 0. The van der Waals surface area contributed by atoms with E-state index in [-0.39, 0.29) is 0 Å². The number of rotatable bonds is 4. The van der Waals surface area contributed by atoms with Crippen LogP contribution >= 0.6 is 0 Å². The minimum absolute atomic E-state index is 0.371. The second-order valence-corrected chi connectivity index (χ2v) is 6.88. The molecule has 0 saturated heterocycles. The maximum Gasteiger partial charge on any atom is 0.261 e. The summed E-state index contributed by atoms with van der Waals surface area (Å²) in [5.74, 6) is -2.17. The Bertz CT molecular complexity index is 1430. The van der Waals surface area contributed by atoms with Gasteiger partial charge in [-0.3, -0.25) is 9.78 Å². The molecule has 1 N–H and O–H groups in total. The number of hydrogen-bond donors (Lipinski definition) is 1. The molecule has 0 aliphatic carbocycles. The number of nitrogens with zero attached hydrogens (tertiary/aromatic N) is 5. The number of amides is 1. The minimum Gasteiger partial charge on any atom is -0.322 e. The number of carbonyl (C=O) groups excluding carboxylic acids is 1. The number of aromatic nitrogens is 5. The van der Waals surface area contributed by atoms with E-state index < -0.39 is 23.1 Å². The molecule has 0 saturated carbocycles. The molecule has 9 heteroatoms. The Balaban J connectivity index is 1.49. The molecule has 1 amide bonds. The second-order valence-electron chi connectivity index (χ2n) is 6.88. The van der Waals surface area contributed by atoms with Crippen molar-refractivity contribution in [1.29, 1.82) is 0 Å². The Morgan fingerprint density at radius 2 is 1.59 bits per heavy atom. The van der Waals surface area contributed by atoms with E-state index in [0.717, 1.165) is 17.7 Å². The van der Waals surface area contributed by atoms with Crippen LogP contribution in [0.4, 0.5) is 14.5 Å². The lowest BCUT2D eigenvalue weighted by atomic mass is 10.1. The van der Waals surface area contributed by atoms with Crippen LogP contribution < -0.4 is 5.32 Å². The maximum atomic E-state index is 13.9. The van der Waals surface area contributed by atoms with Gasteiger partial charge in [0.25, 0.3) is 5.91 Å². The topological polar surface area (TPSA) is 85.1 Å². The molecule has 0 radical (unpaired) electrons. The SMILES string of the molecule is O=C(Nc1cccc(-c2ccc3nnc(-c4ccncc4)n3n2)c1)c1c(F)cccc1F. The summed E-state index contributed by atoms with van der Waals surface area (Å²) in [5.41, 5.74) is 2.40. The van der Waals surface area contributed by atoms with Gasteiger partial charge in [0.2, 0.25) is 0 Å². The van der Waals surface area contributed by atoms with E-state index in [2.05, 4.69) is 25.6 Å². The van der Waals surface area contributed by atoms with Crippen molar-refractivity contribution in [3.8, 4) is 22.6 Å². The fraction of sp³-hybridized carbons (Fsp3) is 0. The molecule has 3 heterocycles. The van der Waals surface area contributed by atoms with Crippen molar-refractivity contribution in [1.82, 2.24) is 24.8 Å². The summed E-state index contributed by atoms with van der Waals surface area (Å²) < 4.78 is 29.4. The van der Waals surface area contributed by atoms with E-state index in [9.17, 15) is 13.6 Å². The monoisotopic (exact) mass is 428 g/mol. The van der Waals surface area contributed by atoms with E-state index in [4.69, 9.17) is 0 Å². The van der Waals surface area contributed by atoms with Crippen LogP contribution in [-0.4, -0.2) is 30.7 Å². The molecule has 0 unspecified atom stereocenters. The molecular formula is C23H14F2N6O. The Labute approximate surface area is 180 Å². The lowest BCUT2D eigenvalue weighted by Crippen LogP contribution is -2.15. The molecular weight excluding hydrogens is 414 g/mol. The number of hydrogen-bond acceptors (Lipinski definition) is 5. The zero-order valence-electron chi connectivity index (χ0n) is 16.4. The Hall–Kier alpha value is -4.53. The number of nitrogens with one attached hydrogen (secondary N) is 1. The number of halogens is 2. The first-order valence-electron chi connectivity index (χ1n) is 9.59. The summed E-state index contributed by atoms with van der Waals surface area (Å²) in [6, 6.07) is 17.3. The molecule has 0 atom stereocenters. The molecule has 0 spiro atoms. The van der Waals surface area contributed by atoms with Gasteiger partial charge in [-0.2, -0.15) is 9.61 Å². The molecule has 2 aromatic carbocycles. The fourth-order valence-electron chi connectivity index (χ4n) is 3.29. The zero-order chi connectivity index (χ0) is 22.1. The van der Waals surface area contributed by atoms with E-state index in [1.807, 2.05) is 18.2 Å². The fourth-order valence-corrected chi connectivity index (χ4v) is 3.29. The maximum absolute atomic E-state index is 13.9. The largest absolute Gasteiger partial charge is 0.322 e. The molecule has 7 nitrogen and oxygen atoms in total. The van der Waals surface area contributed by atoms with Crippen LogP contribution in [0.1, 0.15) is 10.4 Å². The van der Waals surface area contributed by atoms with Crippen LogP contribution in [0.2, 0.25) is 0 Å². The van der Waals surface area contributed by atoms with E-state index >= 15 is 0 Å². The first-order chi connectivity index (χ1) is 15.6. The van der Waals surface area contributed by atoms with Crippen LogP contribution in [-0.2, 0) is 0 Å². The lowest BCUT2D eigenvalue weighted by molar-refractivity contribution is 0.101. The van der Waals surface area contributed by atoms with Gasteiger partial charge in [-0.15, -0.1) is 10.2 Å². The van der Waals surface area contributed by atoms with Crippen LogP contribution in [0.3, 0.4) is 0 Å². The molecule has 3 aromatic heterocycles. The second kappa shape index (κ2) is 7.95. The van der Waals surface area contributed by atoms with Crippen molar-refractivity contribution in [2.24, 2.45) is 0 Å². The van der Waals surface area contributed by atoms with Crippen molar-refractivity contribution >= 4 is 17.2 Å². The van der Waals surface area contributed by atoms with Crippen LogP contribution in [0.5, 0.6) is 0 Å². The van der Waals surface area contributed by atoms with Gasteiger partial charge in [-0.1, -0.05) is 18.2 Å². The normalized spacial score (nSPS) is 10.9. The van der Waals surface area contributed by atoms with E-state index in [1.165, 1.54) is 6.07 Å². The number of anilines is 1. The summed E-state index contributed by atoms with van der Waals surface area (Å²) in [6.07, 6.45) is 3.32. The smallest absolute Gasteiger partial charge is 0.261 e. The van der Waals surface area contributed by atoms with Crippen molar-refractivity contribution < 1.29 is 13.6 Å². The molecule has 5 aromatic rings. The van der Waals surface area contributed by atoms with Crippen LogP contribution in [0.15, 0.2) is 79.1 Å². The number of fused-ring (bicyclic) bond motifs is 1. The van der Waals surface area contributed by atoms with Gasteiger partial charge in [-0.25, -0.2) is 8.78 Å². The third-order valence-electron chi connectivity index (χ3n) is 4.81. The Morgan fingerprint density at radius 1 is 0.844 bits per heavy atom. The zero-order valence-corrected chi connectivity index (χ0v) is 16.4. The highest BCUT2D eigenvalue weighted by atomic mass is 19.1. The number of benzene rings is 2. The molecule has 0 aliphatic heterocycles. The lowest BCUT2D eigenvalue weighted by Gasteiger charge is -2.09. The highest BCUT2D eigenvalue weighted by Crippen LogP contribution is 2.24. The predicted octanol–water partition coefficient (Wildman–Crippen LogP) is 4.38. The summed E-state index contributed by atoms with van der Waals surface area (Å²) in [6.45, 7) is 0. The third kappa shape index (κ3) is 3.56. The van der Waals surface area contributed by atoms with Gasteiger partial charge < -0.3 is 5.32 Å². The Morgan fingerprint density at radius 3 is 2.38 bits per heavy atom. The van der Waals surface area contributed by atoms with Crippen molar-refractivity contribution in [3.63, 3.8) is 0 Å². The molecule has 32 heavy (non-hydrogen) atoms. The van der Waals surface area contributed by atoms with Crippen molar-refractivity contribution in [3.05, 3.63) is 96.3 Å². The highest BCUT2D eigenvalue weighted by molar-refractivity contribution is 6.04. The third-order valence-corrected chi connectivity index (χ3v) is 4.81. The van der Waals surface area contributed by atoms with Gasteiger partial charge in [0.15, 0.2) is 11.5 Å². The van der Waals surface area contributed by atoms with Crippen LogP contribution in [0, 0.1) is 11.6 Å². The van der Waals surface area contributed by atoms with Crippen molar-refractivity contribution in [2.45, 2.75) is 0 Å². The minimum atomic E-state index is -0.929. The summed E-state index contributed by atoms with van der Waals surface area (Å²) in [5, 5.41) is 15.5. The molecule has 0 fully saturated rings. The average Bonchev–Trinajstić information content (AvgIpc) is 3.23. The highest BCUT2D eigenvalue weighted by Gasteiger charge is 2.17. The molecule has 0 aliphatic rings. The van der Waals surface area contributed by atoms with Gasteiger partial charge >= 0.3 is 0 Å². The first-order valence-corrected chi connectivity index (χ1v) is 9.59. The van der Waals surface area contributed by atoms with E-state index in [0.29, 0.717) is 28.4 Å². The summed E-state index contributed by atoms with van der Waals surface area (Å²) in [7, 11) is 0. The van der Waals surface area contributed by atoms with Crippen LogP contribution in [0.25, 0.3) is 28.3 Å². The number of pyridine rings is 1. The van der Waals surface area contributed by atoms with E-state index in [1.54, 1.807) is 47.2 Å². The quantitative estimate of drug-likeness (QED) is 0.459. The standard InChI is InChI=1S/C23H14F2N6O/c24-17-5-2-6-18(25)21(17)23(32)27-16-4-1-3-15(13-16)19-7-8-20-28-29-22(31(20)30-19)14-9-11-26-12-10-14/h1-13H,(H,27,32). The van der Waals surface area contributed by atoms with Gasteiger partial charge in [0, 0.05) is 29.2 Å². The Kier molecular flexibility index (Phi) is 4.83. The molecule has 0 bridgehead atoms. The summed E-state index contributed by atoms with van der Waals surface area (Å²) in [4.78, 5) is 16.4. The molecule has 5 rings (SSSR count). The van der Waals surface area contributed by atoms with Gasteiger partial charge in [-0.05, 0) is 48.5 Å². The number of carbonyl (C=O) groups is 1. The first kappa shape index (κ1) is 19.4. The van der Waals surface area contributed by atoms with Crippen molar-refractivity contribution in [2.75, 3.05) is 5.32 Å².